The Balaban J connectivity index is 1.93. The lowest BCUT2D eigenvalue weighted by Gasteiger charge is -2.42. The molecule has 3 aromatic rings. The van der Waals surface area contributed by atoms with Crippen LogP contribution in [-0.4, -0.2) is 23.6 Å². The van der Waals surface area contributed by atoms with Crippen LogP contribution in [0.5, 0.6) is 0 Å². The van der Waals surface area contributed by atoms with Crippen molar-refractivity contribution in [1.29, 1.82) is 0 Å². The maximum absolute atomic E-state index is 12.9. The highest BCUT2D eigenvalue weighted by Gasteiger charge is 2.54. The van der Waals surface area contributed by atoms with Crippen LogP contribution in [0.4, 0.5) is 4.79 Å². The van der Waals surface area contributed by atoms with E-state index in [0.717, 1.165) is 16.7 Å². The van der Waals surface area contributed by atoms with E-state index in [0.29, 0.717) is 6.61 Å². The summed E-state index contributed by atoms with van der Waals surface area (Å²) < 4.78 is 5.45. The summed E-state index contributed by atoms with van der Waals surface area (Å²) >= 11 is 0. The Hall–Kier alpha value is -3.07. The molecule has 1 heterocycles. The SMILES string of the molecule is C[C@H]1COC(=O)N1C1(c2ccccc2)c2ccccc2-c2ccccc21. The standard InChI is InChI=1S/C23H19NO2/c1-16-15-26-22(25)24(16)23(17-9-3-2-4-10-17)20-13-7-5-11-18(20)19-12-6-8-14-21(19)23/h2-14,16H,15H2,1H3/t16-/m0/s1. The Morgan fingerprint density at radius 1 is 0.846 bits per heavy atom. The number of fused-ring (bicyclic) bond motifs is 3. The molecule has 5 rings (SSSR count). The first-order chi connectivity index (χ1) is 12.7. The molecule has 1 aliphatic carbocycles. The van der Waals surface area contributed by atoms with E-state index in [4.69, 9.17) is 4.74 Å². The Morgan fingerprint density at radius 2 is 1.38 bits per heavy atom. The van der Waals surface area contributed by atoms with Crippen LogP contribution < -0.4 is 0 Å². The predicted octanol–water partition coefficient (Wildman–Crippen LogP) is 4.80. The Morgan fingerprint density at radius 3 is 1.92 bits per heavy atom. The number of cyclic esters (lactones) is 1. The summed E-state index contributed by atoms with van der Waals surface area (Å²) in [5.41, 5.74) is 5.05. The molecule has 0 unspecified atom stereocenters. The molecular formula is C23H19NO2. The Kier molecular flexibility index (Phi) is 3.20. The molecule has 0 aromatic heterocycles. The van der Waals surface area contributed by atoms with Gasteiger partial charge in [0.2, 0.25) is 0 Å². The third-order valence-electron chi connectivity index (χ3n) is 5.56. The highest BCUT2D eigenvalue weighted by molar-refractivity contribution is 5.86. The van der Waals surface area contributed by atoms with Gasteiger partial charge in [-0.25, -0.2) is 4.79 Å². The second-order valence-electron chi connectivity index (χ2n) is 6.96. The number of ether oxygens (including phenoxy) is 1. The van der Waals surface area contributed by atoms with E-state index in [2.05, 4.69) is 67.6 Å². The number of amides is 1. The highest BCUT2D eigenvalue weighted by atomic mass is 16.6. The monoisotopic (exact) mass is 341 g/mol. The Labute approximate surface area is 152 Å². The van der Waals surface area contributed by atoms with Crippen LogP contribution in [0.2, 0.25) is 0 Å². The summed E-state index contributed by atoms with van der Waals surface area (Å²) in [6.45, 7) is 2.47. The normalized spacial score (nSPS) is 19.8. The molecule has 3 nitrogen and oxygen atoms in total. The zero-order valence-corrected chi connectivity index (χ0v) is 14.6. The number of hydrogen-bond acceptors (Lipinski definition) is 2. The highest BCUT2D eigenvalue weighted by Crippen LogP contribution is 2.55. The number of hydrogen-bond donors (Lipinski definition) is 0. The van der Waals surface area contributed by atoms with E-state index in [1.165, 1.54) is 11.1 Å². The summed E-state index contributed by atoms with van der Waals surface area (Å²) in [4.78, 5) is 14.8. The van der Waals surface area contributed by atoms with E-state index in [1.54, 1.807) is 0 Å². The number of benzene rings is 3. The first-order valence-electron chi connectivity index (χ1n) is 8.95. The minimum Gasteiger partial charge on any atom is -0.447 e. The van der Waals surface area contributed by atoms with Gasteiger partial charge in [0.05, 0.1) is 6.04 Å². The molecule has 128 valence electrons. The summed E-state index contributed by atoms with van der Waals surface area (Å²) in [6.07, 6.45) is -0.257. The van der Waals surface area contributed by atoms with E-state index >= 15 is 0 Å². The molecule has 1 saturated heterocycles. The topological polar surface area (TPSA) is 29.5 Å². The van der Waals surface area contributed by atoms with Crippen molar-refractivity contribution < 1.29 is 9.53 Å². The average Bonchev–Trinajstić information content (AvgIpc) is 3.18. The molecule has 1 fully saturated rings. The van der Waals surface area contributed by atoms with Crippen LogP contribution >= 0.6 is 0 Å². The average molecular weight is 341 g/mol. The summed E-state index contributed by atoms with van der Waals surface area (Å²) in [5, 5.41) is 0. The number of nitrogens with zero attached hydrogens (tertiary/aromatic N) is 1. The van der Waals surface area contributed by atoms with Crippen molar-refractivity contribution >= 4 is 6.09 Å². The first-order valence-corrected chi connectivity index (χ1v) is 8.95. The van der Waals surface area contributed by atoms with Gasteiger partial charge in [0.25, 0.3) is 0 Å². The van der Waals surface area contributed by atoms with Gasteiger partial charge in [0.15, 0.2) is 0 Å². The summed E-state index contributed by atoms with van der Waals surface area (Å²) in [7, 11) is 0. The van der Waals surface area contributed by atoms with E-state index < -0.39 is 5.54 Å². The van der Waals surface area contributed by atoms with Crippen molar-refractivity contribution in [1.82, 2.24) is 4.90 Å². The van der Waals surface area contributed by atoms with E-state index in [-0.39, 0.29) is 12.1 Å². The lowest BCUT2D eigenvalue weighted by Crippen LogP contribution is -2.50. The molecule has 3 heteroatoms. The second-order valence-corrected chi connectivity index (χ2v) is 6.96. The van der Waals surface area contributed by atoms with Crippen LogP contribution in [0.1, 0.15) is 23.6 Å². The smallest absolute Gasteiger partial charge is 0.411 e. The van der Waals surface area contributed by atoms with Crippen molar-refractivity contribution in [2.45, 2.75) is 18.5 Å². The largest absolute Gasteiger partial charge is 0.447 e. The molecule has 0 N–H and O–H groups in total. The van der Waals surface area contributed by atoms with Gasteiger partial charge in [0.1, 0.15) is 12.1 Å². The molecule has 1 aliphatic heterocycles. The zero-order valence-electron chi connectivity index (χ0n) is 14.6. The van der Waals surface area contributed by atoms with Gasteiger partial charge >= 0.3 is 6.09 Å². The van der Waals surface area contributed by atoms with Crippen LogP contribution in [0.3, 0.4) is 0 Å². The fourth-order valence-corrected chi connectivity index (χ4v) is 4.58. The molecule has 0 saturated carbocycles. The van der Waals surface area contributed by atoms with Gasteiger partial charge in [-0.05, 0) is 34.7 Å². The first kappa shape index (κ1) is 15.2. The fourth-order valence-electron chi connectivity index (χ4n) is 4.58. The molecule has 3 aromatic carbocycles. The minimum atomic E-state index is -0.665. The molecule has 26 heavy (non-hydrogen) atoms. The van der Waals surface area contributed by atoms with Crippen molar-refractivity contribution in [3.05, 3.63) is 95.6 Å². The lowest BCUT2D eigenvalue weighted by molar-refractivity contribution is 0.133. The lowest BCUT2D eigenvalue weighted by atomic mass is 9.78. The van der Waals surface area contributed by atoms with Crippen molar-refractivity contribution in [3.8, 4) is 11.1 Å². The fraction of sp³-hybridized carbons (Fsp3) is 0.174. The van der Waals surface area contributed by atoms with Crippen LogP contribution in [-0.2, 0) is 10.3 Å². The van der Waals surface area contributed by atoms with Crippen LogP contribution in [0.25, 0.3) is 11.1 Å². The van der Waals surface area contributed by atoms with Crippen molar-refractivity contribution in [2.24, 2.45) is 0 Å². The Bertz CT molecular complexity index is 950. The maximum atomic E-state index is 12.9. The summed E-state index contributed by atoms with van der Waals surface area (Å²) in [6, 6.07) is 27.1. The predicted molar refractivity (Wildman–Crippen MR) is 101 cm³/mol. The number of carbonyl (C=O) groups excluding carboxylic acids is 1. The maximum Gasteiger partial charge on any atom is 0.411 e. The van der Waals surface area contributed by atoms with Gasteiger partial charge in [0, 0.05) is 0 Å². The van der Waals surface area contributed by atoms with E-state index in [9.17, 15) is 4.79 Å². The van der Waals surface area contributed by atoms with Crippen LogP contribution in [0, 0.1) is 0 Å². The molecule has 1 atom stereocenters. The number of carbonyl (C=O) groups is 1. The summed E-state index contributed by atoms with van der Waals surface area (Å²) in [5.74, 6) is 0. The van der Waals surface area contributed by atoms with Gasteiger partial charge in [-0.15, -0.1) is 0 Å². The van der Waals surface area contributed by atoms with Gasteiger partial charge in [-0.1, -0.05) is 78.9 Å². The third kappa shape index (κ3) is 1.80. The molecular weight excluding hydrogens is 322 g/mol. The molecule has 1 amide bonds. The third-order valence-corrected chi connectivity index (χ3v) is 5.56. The number of rotatable bonds is 2. The molecule has 0 bridgehead atoms. The van der Waals surface area contributed by atoms with Gasteiger partial charge in [-0.2, -0.15) is 0 Å². The van der Waals surface area contributed by atoms with E-state index in [1.807, 2.05) is 23.1 Å². The second kappa shape index (κ2) is 5.46. The van der Waals surface area contributed by atoms with Gasteiger partial charge in [-0.3, -0.25) is 4.90 Å². The quantitative estimate of drug-likeness (QED) is 0.670. The van der Waals surface area contributed by atoms with Crippen LogP contribution in [0.15, 0.2) is 78.9 Å². The molecule has 0 radical (unpaired) electrons. The van der Waals surface area contributed by atoms with Crippen molar-refractivity contribution in [2.75, 3.05) is 6.61 Å². The molecule has 2 aliphatic rings. The molecule has 0 spiro atoms. The zero-order chi connectivity index (χ0) is 17.7. The van der Waals surface area contributed by atoms with Crippen molar-refractivity contribution in [3.63, 3.8) is 0 Å². The van der Waals surface area contributed by atoms with Gasteiger partial charge < -0.3 is 4.74 Å². The minimum absolute atomic E-state index is 0.0121.